The number of nitrogens with zero attached hydrogens (tertiary/aromatic N) is 3. The Bertz CT molecular complexity index is 1860. The van der Waals surface area contributed by atoms with Crippen LogP contribution in [0.4, 0.5) is 0 Å². The van der Waals surface area contributed by atoms with Crippen LogP contribution >= 0.6 is 0 Å². The molecule has 5 aromatic carbocycles. The van der Waals surface area contributed by atoms with Gasteiger partial charge in [0.05, 0.1) is 51.5 Å². The van der Waals surface area contributed by atoms with E-state index in [9.17, 15) is 0 Å². The van der Waals surface area contributed by atoms with Gasteiger partial charge in [0.25, 0.3) is 0 Å². The van der Waals surface area contributed by atoms with Crippen LogP contribution in [0.25, 0.3) is 11.3 Å². The molecule has 51 heavy (non-hydrogen) atoms. The van der Waals surface area contributed by atoms with Gasteiger partial charge in [0.1, 0.15) is 30.5 Å². The maximum absolute atomic E-state index is 7.03. The van der Waals surface area contributed by atoms with Crippen LogP contribution in [0.2, 0.25) is 0 Å². The third kappa shape index (κ3) is 9.43. The van der Waals surface area contributed by atoms with Crippen LogP contribution in [0.1, 0.15) is 22.3 Å². The van der Waals surface area contributed by atoms with Crippen molar-refractivity contribution in [2.24, 2.45) is 0 Å². The third-order valence-corrected chi connectivity index (χ3v) is 9.02. The smallest absolute Gasteiger partial charge is 0.115 e. The first kappa shape index (κ1) is 34.5. The summed E-state index contributed by atoms with van der Waals surface area (Å²) in [7, 11) is 0. The average molecular weight is 682 g/mol. The monoisotopic (exact) mass is 681 g/mol. The summed E-state index contributed by atoms with van der Waals surface area (Å²) in [6.45, 7) is 2.26. The summed E-state index contributed by atoms with van der Waals surface area (Å²) in [6, 6.07) is 50.8. The van der Waals surface area contributed by atoms with Gasteiger partial charge in [-0.2, -0.15) is 0 Å². The fourth-order valence-electron chi connectivity index (χ4n) is 6.43. The molecule has 5 atom stereocenters. The van der Waals surface area contributed by atoms with Crippen molar-refractivity contribution in [3.8, 4) is 11.3 Å². The van der Waals surface area contributed by atoms with Crippen molar-refractivity contribution in [2.75, 3.05) is 6.61 Å². The minimum Gasteiger partial charge on any atom is -0.374 e. The molecule has 1 saturated heterocycles. The molecule has 0 aliphatic carbocycles. The fraction of sp³-hybridized carbons (Fsp3) is 0.256. The molecule has 7 rings (SSSR count). The van der Waals surface area contributed by atoms with Gasteiger partial charge < -0.3 is 23.7 Å². The molecule has 0 spiro atoms. The minimum atomic E-state index is -0.520. The Kier molecular flexibility index (Phi) is 12.0. The Morgan fingerprint density at radius 3 is 1.43 bits per heavy atom. The first-order chi connectivity index (χ1) is 25.3. The molecule has 260 valence electrons. The quantitative estimate of drug-likeness (QED) is 0.104. The zero-order valence-electron chi connectivity index (χ0n) is 28.5. The highest BCUT2D eigenvalue weighted by Crippen LogP contribution is 2.32. The SMILES string of the molecule is c1ccc(COC[C@H]2O[C@@H](Cn3nncc3-c3ccccc3)[C@H](OCc3ccccc3)[C@@H](OCc3ccccc3)[C@@H]2OCc2ccccc2)cc1. The summed E-state index contributed by atoms with van der Waals surface area (Å²) in [4.78, 5) is 0. The zero-order valence-corrected chi connectivity index (χ0v) is 28.5. The number of rotatable bonds is 16. The Hall–Kier alpha value is -4.96. The highest BCUT2D eigenvalue weighted by molar-refractivity contribution is 5.57. The van der Waals surface area contributed by atoms with Gasteiger partial charge >= 0.3 is 0 Å². The molecule has 8 nitrogen and oxygen atoms in total. The third-order valence-electron chi connectivity index (χ3n) is 9.02. The topological polar surface area (TPSA) is 76.9 Å². The summed E-state index contributed by atoms with van der Waals surface area (Å²) in [6.07, 6.45) is -0.693. The molecule has 0 radical (unpaired) electrons. The predicted octanol–water partition coefficient (Wildman–Crippen LogP) is 7.69. The van der Waals surface area contributed by atoms with Crippen molar-refractivity contribution in [1.82, 2.24) is 15.0 Å². The molecule has 0 unspecified atom stereocenters. The van der Waals surface area contributed by atoms with E-state index < -0.39 is 30.5 Å². The summed E-state index contributed by atoms with van der Waals surface area (Å²) in [5, 5.41) is 8.80. The van der Waals surface area contributed by atoms with Crippen molar-refractivity contribution < 1.29 is 23.7 Å². The van der Waals surface area contributed by atoms with Crippen LogP contribution < -0.4 is 0 Å². The van der Waals surface area contributed by atoms with Crippen molar-refractivity contribution in [3.05, 3.63) is 180 Å². The lowest BCUT2D eigenvalue weighted by Gasteiger charge is -2.46. The molecule has 2 heterocycles. The largest absolute Gasteiger partial charge is 0.374 e. The van der Waals surface area contributed by atoms with Gasteiger partial charge in [-0.25, -0.2) is 4.68 Å². The maximum atomic E-state index is 7.03. The van der Waals surface area contributed by atoms with Crippen LogP contribution in [-0.2, 0) is 56.7 Å². The lowest BCUT2D eigenvalue weighted by atomic mass is 9.93. The Balaban J connectivity index is 1.23. The van der Waals surface area contributed by atoms with Gasteiger partial charge in [-0.05, 0) is 22.3 Å². The summed E-state index contributed by atoms with van der Waals surface area (Å²) < 4.78 is 35.8. The molecule has 6 aromatic rings. The molecule has 8 heteroatoms. The van der Waals surface area contributed by atoms with E-state index in [0.717, 1.165) is 33.5 Å². The molecule has 0 saturated carbocycles. The van der Waals surface area contributed by atoms with E-state index in [1.54, 1.807) is 6.20 Å². The van der Waals surface area contributed by atoms with Gasteiger partial charge in [0, 0.05) is 5.56 Å². The van der Waals surface area contributed by atoms with E-state index in [1.165, 1.54) is 0 Å². The molecule has 0 bridgehead atoms. The van der Waals surface area contributed by atoms with E-state index in [1.807, 2.05) is 95.7 Å². The Morgan fingerprint density at radius 1 is 0.490 bits per heavy atom. The van der Waals surface area contributed by atoms with Gasteiger partial charge in [0.15, 0.2) is 0 Å². The second kappa shape index (κ2) is 17.8. The second-order valence-corrected chi connectivity index (χ2v) is 12.7. The Labute approximate surface area is 299 Å². The number of hydrogen-bond donors (Lipinski definition) is 0. The molecule has 1 aromatic heterocycles. The summed E-state index contributed by atoms with van der Waals surface area (Å²) >= 11 is 0. The lowest BCUT2D eigenvalue weighted by Crippen LogP contribution is -2.62. The fourth-order valence-corrected chi connectivity index (χ4v) is 6.43. The molecule has 0 N–H and O–H groups in total. The first-order valence-electron chi connectivity index (χ1n) is 17.5. The van der Waals surface area contributed by atoms with E-state index in [-0.39, 0.29) is 0 Å². The number of ether oxygens (including phenoxy) is 5. The second-order valence-electron chi connectivity index (χ2n) is 12.7. The first-order valence-corrected chi connectivity index (χ1v) is 17.5. The predicted molar refractivity (Wildman–Crippen MR) is 195 cm³/mol. The molecular weight excluding hydrogens is 638 g/mol. The van der Waals surface area contributed by atoms with E-state index >= 15 is 0 Å². The van der Waals surface area contributed by atoms with E-state index in [2.05, 4.69) is 71.0 Å². The van der Waals surface area contributed by atoms with Gasteiger partial charge in [0.2, 0.25) is 0 Å². The highest BCUT2D eigenvalue weighted by Gasteiger charge is 2.48. The molecule has 1 aliphatic heterocycles. The van der Waals surface area contributed by atoms with Crippen molar-refractivity contribution >= 4 is 0 Å². The molecule has 1 fully saturated rings. The van der Waals surface area contributed by atoms with Crippen LogP contribution in [0.5, 0.6) is 0 Å². The van der Waals surface area contributed by atoms with Gasteiger partial charge in [-0.15, -0.1) is 5.10 Å². The molecule has 1 aliphatic rings. The maximum Gasteiger partial charge on any atom is 0.115 e. The van der Waals surface area contributed by atoms with Crippen LogP contribution in [0, 0.1) is 0 Å². The molecular formula is C43H43N3O5. The van der Waals surface area contributed by atoms with E-state index in [0.29, 0.717) is 39.6 Å². The summed E-state index contributed by atoms with van der Waals surface area (Å²) in [5.41, 5.74) is 6.17. The standard InChI is InChI=1S/C43H43N3O5/c1-6-16-33(17-7-1)28-47-32-40-42(49-30-35-20-10-3-11-21-35)43(50-31-36-22-12-4-13-23-36)41(48-29-34-18-8-2-9-19-34)39(51-40)27-46-38(26-44-45-46)37-24-14-5-15-25-37/h1-26,39-43H,27-32H2/t39-,40+,41-,42+,43+/m0/s1. The van der Waals surface area contributed by atoms with Crippen molar-refractivity contribution in [3.63, 3.8) is 0 Å². The highest BCUT2D eigenvalue weighted by atomic mass is 16.6. The van der Waals surface area contributed by atoms with Crippen molar-refractivity contribution in [1.29, 1.82) is 0 Å². The molecule has 0 amide bonds. The number of hydrogen-bond acceptors (Lipinski definition) is 7. The average Bonchev–Trinajstić information content (AvgIpc) is 3.66. The van der Waals surface area contributed by atoms with Gasteiger partial charge in [-0.3, -0.25) is 0 Å². The minimum absolute atomic E-state index is 0.296. The van der Waals surface area contributed by atoms with Crippen LogP contribution in [-0.4, -0.2) is 52.1 Å². The Morgan fingerprint density at radius 2 is 0.922 bits per heavy atom. The van der Waals surface area contributed by atoms with E-state index in [4.69, 9.17) is 23.7 Å². The normalized spacial score (nSPS) is 20.3. The summed E-state index contributed by atoms with van der Waals surface area (Å²) in [5.74, 6) is 0. The van der Waals surface area contributed by atoms with Crippen LogP contribution in [0.3, 0.4) is 0 Å². The number of benzene rings is 5. The van der Waals surface area contributed by atoms with Crippen LogP contribution in [0.15, 0.2) is 158 Å². The zero-order chi connectivity index (χ0) is 34.5. The van der Waals surface area contributed by atoms with Gasteiger partial charge in [-0.1, -0.05) is 157 Å². The number of aromatic nitrogens is 3. The lowest BCUT2D eigenvalue weighted by molar-refractivity contribution is -0.275. The van der Waals surface area contributed by atoms with Crippen molar-refractivity contribution in [2.45, 2.75) is 63.5 Å².